The summed E-state index contributed by atoms with van der Waals surface area (Å²) in [6.45, 7) is 5.80. The van der Waals surface area contributed by atoms with Crippen LogP contribution in [-0.2, 0) is 9.53 Å². The SMILES string of the molecule is COC[C@H](C)NC(=O)[C@H](C#N)C(=O)c1cc(C)cc(C)c1. The Kier molecular flexibility index (Phi) is 6.07. The zero-order chi connectivity index (χ0) is 16.0. The van der Waals surface area contributed by atoms with E-state index in [0.29, 0.717) is 12.2 Å². The van der Waals surface area contributed by atoms with E-state index in [9.17, 15) is 9.59 Å². The van der Waals surface area contributed by atoms with Crippen molar-refractivity contribution in [3.05, 3.63) is 34.9 Å². The van der Waals surface area contributed by atoms with Crippen LogP contribution in [0.25, 0.3) is 0 Å². The lowest BCUT2D eigenvalue weighted by atomic mass is 9.95. The first-order valence-corrected chi connectivity index (χ1v) is 6.70. The molecule has 5 nitrogen and oxygen atoms in total. The van der Waals surface area contributed by atoms with Gasteiger partial charge in [0.1, 0.15) is 0 Å². The van der Waals surface area contributed by atoms with Crippen molar-refractivity contribution in [3.63, 3.8) is 0 Å². The van der Waals surface area contributed by atoms with Crippen molar-refractivity contribution in [2.45, 2.75) is 26.8 Å². The number of ether oxygens (including phenoxy) is 1. The first-order chi connectivity index (χ1) is 9.88. The number of hydrogen-bond donors (Lipinski definition) is 1. The highest BCUT2D eigenvalue weighted by atomic mass is 16.5. The second-order valence-electron chi connectivity index (χ2n) is 5.17. The largest absolute Gasteiger partial charge is 0.383 e. The number of ketones is 1. The Labute approximate surface area is 124 Å². The van der Waals surface area contributed by atoms with E-state index in [0.717, 1.165) is 11.1 Å². The van der Waals surface area contributed by atoms with Gasteiger partial charge >= 0.3 is 0 Å². The van der Waals surface area contributed by atoms with E-state index in [1.165, 1.54) is 7.11 Å². The van der Waals surface area contributed by atoms with Gasteiger partial charge in [0.25, 0.3) is 0 Å². The number of carbonyl (C=O) groups is 2. The Morgan fingerprint density at radius 2 is 1.86 bits per heavy atom. The normalized spacial score (nSPS) is 13.1. The zero-order valence-electron chi connectivity index (χ0n) is 12.8. The lowest BCUT2D eigenvalue weighted by Gasteiger charge is -2.15. The Morgan fingerprint density at radius 3 is 2.33 bits per heavy atom. The molecule has 0 aliphatic carbocycles. The maximum absolute atomic E-state index is 12.3. The summed E-state index contributed by atoms with van der Waals surface area (Å²) < 4.78 is 4.91. The number of aryl methyl sites for hydroxylation is 2. The van der Waals surface area contributed by atoms with Crippen LogP contribution < -0.4 is 5.32 Å². The molecule has 0 aromatic heterocycles. The topological polar surface area (TPSA) is 79.2 Å². The Bertz CT molecular complexity index is 555. The smallest absolute Gasteiger partial charge is 0.245 e. The van der Waals surface area contributed by atoms with Crippen LogP contribution in [0.3, 0.4) is 0 Å². The molecule has 0 aliphatic rings. The quantitative estimate of drug-likeness (QED) is 0.639. The van der Waals surface area contributed by atoms with Crippen molar-refractivity contribution >= 4 is 11.7 Å². The lowest BCUT2D eigenvalue weighted by molar-refractivity contribution is -0.123. The van der Waals surface area contributed by atoms with Crippen LogP contribution in [-0.4, -0.2) is 31.4 Å². The van der Waals surface area contributed by atoms with Crippen LogP contribution >= 0.6 is 0 Å². The molecule has 112 valence electrons. The zero-order valence-corrected chi connectivity index (χ0v) is 12.8. The molecule has 1 aromatic rings. The molecule has 1 N–H and O–H groups in total. The third kappa shape index (κ3) is 4.69. The maximum Gasteiger partial charge on any atom is 0.245 e. The van der Waals surface area contributed by atoms with Gasteiger partial charge < -0.3 is 10.1 Å². The molecule has 21 heavy (non-hydrogen) atoms. The van der Waals surface area contributed by atoms with Gasteiger partial charge in [0.05, 0.1) is 12.7 Å². The van der Waals surface area contributed by atoms with Gasteiger partial charge in [-0.15, -0.1) is 0 Å². The molecule has 1 rings (SSSR count). The number of hydrogen-bond acceptors (Lipinski definition) is 4. The molecule has 0 aliphatic heterocycles. The molecule has 0 radical (unpaired) electrons. The van der Waals surface area contributed by atoms with Crippen LogP contribution in [0.4, 0.5) is 0 Å². The van der Waals surface area contributed by atoms with Gasteiger partial charge in [-0.05, 0) is 32.9 Å². The summed E-state index contributed by atoms with van der Waals surface area (Å²) in [6, 6.07) is 6.83. The fourth-order valence-electron chi connectivity index (χ4n) is 2.14. The number of amides is 1. The fourth-order valence-corrected chi connectivity index (χ4v) is 2.14. The molecule has 0 saturated carbocycles. The van der Waals surface area contributed by atoms with Gasteiger partial charge in [-0.25, -0.2) is 0 Å². The average Bonchev–Trinajstić information content (AvgIpc) is 2.38. The van der Waals surface area contributed by atoms with Gasteiger partial charge in [-0.3, -0.25) is 9.59 Å². The average molecular weight is 288 g/mol. The Morgan fingerprint density at radius 1 is 1.29 bits per heavy atom. The van der Waals surface area contributed by atoms with Crippen molar-refractivity contribution in [2.24, 2.45) is 5.92 Å². The molecule has 0 unspecified atom stereocenters. The summed E-state index contributed by atoms with van der Waals surface area (Å²) >= 11 is 0. The molecule has 5 heteroatoms. The maximum atomic E-state index is 12.3. The third-order valence-corrected chi connectivity index (χ3v) is 2.97. The molecule has 0 spiro atoms. The van der Waals surface area contributed by atoms with E-state index in [1.54, 1.807) is 25.1 Å². The Hall–Kier alpha value is -2.19. The predicted octanol–water partition coefficient (Wildman–Crippen LogP) is 1.78. The molecule has 0 heterocycles. The van der Waals surface area contributed by atoms with Crippen molar-refractivity contribution in [2.75, 3.05) is 13.7 Å². The molecule has 0 saturated heterocycles. The molecular weight excluding hydrogens is 268 g/mol. The van der Waals surface area contributed by atoms with E-state index < -0.39 is 17.6 Å². The molecule has 1 amide bonds. The minimum atomic E-state index is -1.34. The standard InChI is InChI=1S/C16H20N2O3/c1-10-5-11(2)7-13(6-10)15(19)14(8-17)16(20)18-12(3)9-21-4/h5-7,12,14H,9H2,1-4H3,(H,18,20)/t12-,14+/m0/s1. The van der Waals surface area contributed by atoms with E-state index in [1.807, 2.05) is 19.9 Å². The van der Waals surface area contributed by atoms with Gasteiger partial charge in [-0.2, -0.15) is 5.26 Å². The molecule has 0 bridgehead atoms. The number of benzene rings is 1. The van der Waals surface area contributed by atoms with Crippen LogP contribution in [0.2, 0.25) is 0 Å². The van der Waals surface area contributed by atoms with E-state index in [4.69, 9.17) is 10.00 Å². The first kappa shape index (κ1) is 16.9. The second-order valence-corrected chi connectivity index (χ2v) is 5.17. The van der Waals surface area contributed by atoms with Crippen molar-refractivity contribution < 1.29 is 14.3 Å². The molecule has 1 aromatic carbocycles. The summed E-state index contributed by atoms with van der Waals surface area (Å²) in [4.78, 5) is 24.4. The van der Waals surface area contributed by atoms with Gasteiger partial charge in [0, 0.05) is 18.7 Å². The van der Waals surface area contributed by atoms with Gasteiger partial charge in [-0.1, -0.05) is 17.2 Å². The minimum absolute atomic E-state index is 0.259. The monoisotopic (exact) mass is 288 g/mol. The molecular formula is C16H20N2O3. The van der Waals surface area contributed by atoms with Crippen molar-refractivity contribution in [3.8, 4) is 6.07 Å². The highest BCUT2D eigenvalue weighted by molar-refractivity contribution is 6.12. The summed E-state index contributed by atoms with van der Waals surface area (Å²) in [5.41, 5.74) is 2.22. The van der Waals surface area contributed by atoms with Crippen LogP contribution in [0.1, 0.15) is 28.4 Å². The minimum Gasteiger partial charge on any atom is -0.383 e. The van der Waals surface area contributed by atoms with E-state index >= 15 is 0 Å². The third-order valence-electron chi connectivity index (χ3n) is 2.97. The number of Topliss-reactive ketones (excluding diaryl/α,β-unsaturated/α-hetero) is 1. The van der Waals surface area contributed by atoms with Gasteiger partial charge in [0.2, 0.25) is 5.91 Å². The highest BCUT2D eigenvalue weighted by Crippen LogP contribution is 2.14. The summed E-state index contributed by atoms with van der Waals surface area (Å²) in [5, 5.41) is 11.8. The van der Waals surface area contributed by atoms with Crippen LogP contribution in [0.15, 0.2) is 18.2 Å². The molecule has 0 fully saturated rings. The summed E-state index contributed by atoms with van der Waals surface area (Å²) in [5.74, 6) is -2.41. The number of nitrogens with zero attached hydrogens (tertiary/aromatic N) is 1. The number of rotatable bonds is 6. The second kappa shape index (κ2) is 7.55. The molecule has 2 atom stereocenters. The Balaban J connectivity index is 2.91. The lowest BCUT2D eigenvalue weighted by Crippen LogP contribution is -2.41. The van der Waals surface area contributed by atoms with Crippen LogP contribution in [0, 0.1) is 31.1 Å². The van der Waals surface area contributed by atoms with Crippen LogP contribution in [0.5, 0.6) is 0 Å². The highest BCUT2D eigenvalue weighted by Gasteiger charge is 2.28. The number of carbonyl (C=O) groups excluding carboxylic acids is 2. The van der Waals surface area contributed by atoms with E-state index in [-0.39, 0.29) is 6.04 Å². The number of nitriles is 1. The number of nitrogens with one attached hydrogen (secondary N) is 1. The number of methoxy groups -OCH3 is 1. The first-order valence-electron chi connectivity index (χ1n) is 6.70. The van der Waals surface area contributed by atoms with Gasteiger partial charge in [0.15, 0.2) is 11.7 Å². The van der Waals surface area contributed by atoms with Crippen molar-refractivity contribution in [1.82, 2.24) is 5.32 Å². The van der Waals surface area contributed by atoms with Crippen molar-refractivity contribution in [1.29, 1.82) is 5.26 Å². The van der Waals surface area contributed by atoms with E-state index in [2.05, 4.69) is 5.32 Å². The summed E-state index contributed by atoms with van der Waals surface area (Å²) in [7, 11) is 1.52. The predicted molar refractivity (Wildman–Crippen MR) is 78.8 cm³/mol. The summed E-state index contributed by atoms with van der Waals surface area (Å²) in [6.07, 6.45) is 0. The fraction of sp³-hybridized carbons (Fsp3) is 0.438.